The molecule has 0 bridgehead atoms. The van der Waals surface area contributed by atoms with Crippen LogP contribution in [0.15, 0.2) is 60.7 Å². The molecule has 2 aromatic heterocycles. The van der Waals surface area contributed by atoms with Crippen LogP contribution in [-0.4, -0.2) is 106 Å². The Morgan fingerprint density at radius 2 is 1.18 bits per heavy atom. The second kappa shape index (κ2) is 16.2. The fourth-order valence-corrected chi connectivity index (χ4v) is 7.54. The van der Waals surface area contributed by atoms with Crippen molar-refractivity contribution in [1.82, 2.24) is 19.1 Å². The van der Waals surface area contributed by atoms with E-state index in [1.807, 2.05) is 0 Å². The van der Waals surface area contributed by atoms with Crippen LogP contribution in [0.2, 0.25) is 0 Å². The number of aromatic amines is 2. The lowest BCUT2D eigenvalue weighted by atomic mass is 10.1. The number of nitrogens with one attached hydrogen (secondary N) is 2. The molecular weight excluding hydrogens is 779 g/mol. The van der Waals surface area contributed by atoms with Crippen molar-refractivity contribution in [3.8, 4) is 5.75 Å². The minimum atomic E-state index is -4.98. The smallest absolute Gasteiger partial charge is 0.457 e. The zero-order chi connectivity index (χ0) is 40.6. The first-order chi connectivity index (χ1) is 25.7. The van der Waals surface area contributed by atoms with Crippen molar-refractivity contribution in [2.24, 2.45) is 0 Å². The third kappa shape index (κ3) is 9.39. The van der Waals surface area contributed by atoms with Crippen molar-refractivity contribution >= 4 is 29.6 Å². The van der Waals surface area contributed by atoms with Gasteiger partial charge in [0.2, 0.25) is 0 Å². The molecule has 0 spiro atoms. The predicted molar refractivity (Wildman–Crippen MR) is 183 cm³/mol. The highest BCUT2D eigenvalue weighted by Gasteiger charge is 2.51. The average Bonchev–Trinajstić information content (AvgIpc) is 3.56. The molecule has 8 unspecified atom stereocenters. The Kier molecular flexibility index (Phi) is 12.2. The van der Waals surface area contributed by atoms with Crippen LogP contribution in [0.1, 0.15) is 37.4 Å². The maximum atomic E-state index is 14.3. The molecule has 22 nitrogen and oxygen atoms in total. The second-order valence-corrected chi connectivity index (χ2v) is 16.2. The largest absolute Gasteiger partial charge is 0.530 e. The number of aromatic nitrogens is 4. The van der Waals surface area contributed by atoms with E-state index in [4.69, 9.17) is 32.5 Å². The maximum absolute atomic E-state index is 14.3. The molecule has 5 rings (SSSR count). The van der Waals surface area contributed by atoms with Crippen LogP contribution in [0.25, 0.3) is 0 Å². The molecular formula is C31H37N4O18PS. The number of nitrogens with zero attached hydrogens (tertiary/aromatic N) is 2. The number of aliphatic hydroxyl groups excluding tert-OH is 2. The number of ether oxygens (including phenoxy) is 4. The Balaban J connectivity index is 1.44. The van der Waals surface area contributed by atoms with Crippen molar-refractivity contribution in [1.29, 1.82) is 0 Å². The van der Waals surface area contributed by atoms with Crippen LogP contribution in [0.4, 0.5) is 0 Å². The van der Waals surface area contributed by atoms with Gasteiger partial charge in [0.05, 0.1) is 18.1 Å². The number of hydrogen-bond donors (Lipinski definition) is 4. The van der Waals surface area contributed by atoms with Crippen molar-refractivity contribution in [2.75, 3.05) is 19.5 Å². The Morgan fingerprint density at radius 3 is 1.55 bits per heavy atom. The van der Waals surface area contributed by atoms with Crippen LogP contribution >= 0.6 is 7.82 Å². The number of rotatable bonds is 13. The summed E-state index contributed by atoms with van der Waals surface area (Å²) in [5.74, 6) is -2.01. The van der Waals surface area contributed by atoms with Gasteiger partial charge in [0.1, 0.15) is 30.2 Å². The fourth-order valence-electron chi connectivity index (χ4n) is 5.69. The summed E-state index contributed by atoms with van der Waals surface area (Å²) in [6, 6.07) is 4.54. The Labute approximate surface area is 310 Å². The van der Waals surface area contributed by atoms with Crippen molar-refractivity contribution < 1.29 is 65.3 Å². The van der Waals surface area contributed by atoms with Gasteiger partial charge in [0.15, 0.2) is 34.5 Å². The molecule has 300 valence electrons. The Morgan fingerprint density at radius 1 is 0.782 bits per heavy atom. The van der Waals surface area contributed by atoms with E-state index in [0.717, 1.165) is 65.9 Å². The highest BCUT2D eigenvalue weighted by atomic mass is 32.2. The van der Waals surface area contributed by atoms with Crippen LogP contribution in [-0.2, 0) is 52.0 Å². The SMILES string of the molecule is CC(=O)OC1C(COP(=O)(OCC2OC(n3cc(C)c(=O)[nH]c3=O)C(O)C2OC(C)=O)Oc2ccc(S(C)(=O)=O)cc2)OC(n2cc(C)c(=O)[nH]c2=O)C1O. The Bertz CT molecular complexity index is 2220. The number of aliphatic hydroxyl groups is 2. The van der Waals surface area contributed by atoms with Gasteiger partial charge in [-0.15, -0.1) is 0 Å². The summed E-state index contributed by atoms with van der Waals surface area (Å²) in [7, 11) is -8.64. The third-order valence-corrected chi connectivity index (χ3v) is 10.8. The van der Waals surface area contributed by atoms with Gasteiger partial charge in [-0.1, -0.05) is 0 Å². The first kappa shape index (κ1) is 41.4. The molecule has 55 heavy (non-hydrogen) atoms. The third-order valence-electron chi connectivity index (χ3n) is 8.33. The molecule has 3 aromatic rings. The van der Waals surface area contributed by atoms with E-state index in [1.165, 1.54) is 13.8 Å². The molecule has 2 aliphatic heterocycles. The van der Waals surface area contributed by atoms with Gasteiger partial charge < -0.3 is 33.7 Å². The summed E-state index contributed by atoms with van der Waals surface area (Å²) in [6.45, 7) is 3.15. The summed E-state index contributed by atoms with van der Waals surface area (Å²) in [5, 5.41) is 22.2. The second-order valence-electron chi connectivity index (χ2n) is 12.6. The lowest BCUT2D eigenvalue weighted by molar-refractivity contribution is -0.154. The van der Waals surface area contributed by atoms with E-state index < -0.39 is 114 Å². The Hall–Kier alpha value is -4.74. The molecule has 1 aromatic carbocycles. The standard InChI is InChI=1S/C31H37N4O18PS/c1-14-10-34(30(42)32-26(14)40)28-22(38)24(49-16(3)36)20(51-28)12-47-54(44,53-18-6-8-19(9-7-18)55(5,45)46)48-13-21-25(50-17(4)37)23(39)29(52-21)35-11-15(2)27(41)33-31(35)43/h6-11,20-25,28-29,38-39H,12-13H2,1-5H3,(H,32,40,42)(H,33,41,43). The highest BCUT2D eigenvalue weighted by Crippen LogP contribution is 2.51. The molecule has 0 radical (unpaired) electrons. The highest BCUT2D eigenvalue weighted by molar-refractivity contribution is 7.90. The van der Waals surface area contributed by atoms with Crippen molar-refractivity contribution in [3.05, 3.63) is 89.5 Å². The first-order valence-electron chi connectivity index (χ1n) is 16.2. The molecule has 4 N–H and O–H groups in total. The number of esters is 2. The molecule has 4 heterocycles. The first-order valence-corrected chi connectivity index (χ1v) is 19.6. The normalized spacial score (nSPS) is 26.3. The zero-order valence-corrected chi connectivity index (χ0v) is 31.4. The summed E-state index contributed by atoms with van der Waals surface area (Å²) in [5.41, 5.74) is -3.21. The topological polar surface area (TPSA) is 300 Å². The van der Waals surface area contributed by atoms with E-state index >= 15 is 0 Å². The molecule has 2 aliphatic rings. The average molecular weight is 817 g/mol. The number of H-pyrrole nitrogens is 2. The van der Waals surface area contributed by atoms with E-state index in [1.54, 1.807) is 0 Å². The molecule has 2 saturated heterocycles. The number of hydrogen-bond acceptors (Lipinski definition) is 18. The van der Waals surface area contributed by atoms with Gasteiger partial charge in [-0.3, -0.25) is 47.3 Å². The van der Waals surface area contributed by atoms with Gasteiger partial charge in [-0.05, 0) is 38.1 Å². The van der Waals surface area contributed by atoms with Crippen LogP contribution in [0.5, 0.6) is 5.75 Å². The number of phosphoric acid groups is 1. The van der Waals surface area contributed by atoms with Crippen molar-refractivity contribution in [2.45, 2.75) is 81.7 Å². The molecule has 2 fully saturated rings. The zero-order valence-electron chi connectivity index (χ0n) is 29.7. The molecule has 0 aliphatic carbocycles. The molecule has 24 heteroatoms. The number of sulfone groups is 1. The van der Waals surface area contributed by atoms with Gasteiger partial charge in [0, 0.05) is 43.6 Å². The maximum Gasteiger partial charge on any atom is 0.530 e. The van der Waals surface area contributed by atoms with Crippen LogP contribution in [0.3, 0.4) is 0 Å². The number of carbonyl (C=O) groups excluding carboxylic acids is 2. The van der Waals surface area contributed by atoms with Crippen LogP contribution < -0.4 is 27.0 Å². The van der Waals surface area contributed by atoms with Gasteiger partial charge in [-0.25, -0.2) is 22.6 Å². The minimum absolute atomic E-state index is 0.0708. The molecule has 0 saturated carbocycles. The van der Waals surface area contributed by atoms with E-state index in [-0.39, 0.29) is 21.8 Å². The number of phosphoric ester groups is 1. The van der Waals surface area contributed by atoms with Gasteiger partial charge in [-0.2, -0.15) is 0 Å². The molecule has 8 atom stereocenters. The number of benzene rings is 1. The van der Waals surface area contributed by atoms with Gasteiger partial charge in [0.25, 0.3) is 11.1 Å². The summed E-state index contributed by atoms with van der Waals surface area (Å²) in [6.07, 6.45) is -9.48. The van der Waals surface area contributed by atoms with Crippen molar-refractivity contribution in [3.63, 3.8) is 0 Å². The quantitative estimate of drug-likeness (QED) is 0.115. The summed E-state index contributed by atoms with van der Waals surface area (Å²) < 4.78 is 78.9. The molecule has 0 amide bonds. The summed E-state index contributed by atoms with van der Waals surface area (Å²) >= 11 is 0. The van der Waals surface area contributed by atoms with E-state index in [0.29, 0.717) is 0 Å². The lowest BCUT2D eigenvalue weighted by Gasteiger charge is -2.25. The van der Waals surface area contributed by atoms with E-state index in [9.17, 15) is 52.0 Å². The fraction of sp³-hybridized carbons (Fsp3) is 0.484. The van der Waals surface area contributed by atoms with Gasteiger partial charge >= 0.3 is 31.1 Å². The van der Waals surface area contributed by atoms with Crippen LogP contribution in [0, 0.1) is 13.8 Å². The predicted octanol–water partition coefficient (Wildman–Crippen LogP) is -1.29. The number of aryl methyl sites for hydroxylation is 2. The number of carbonyl (C=O) groups is 2. The minimum Gasteiger partial charge on any atom is -0.457 e. The lowest BCUT2D eigenvalue weighted by Crippen LogP contribution is -2.40. The monoisotopic (exact) mass is 816 g/mol. The van der Waals surface area contributed by atoms with E-state index in [2.05, 4.69) is 9.97 Å². The summed E-state index contributed by atoms with van der Waals surface area (Å²) in [4.78, 5) is 77.1.